The Morgan fingerprint density at radius 3 is 2.54 bits per heavy atom. The number of carbonyl (C=O) groups is 2. The fourth-order valence-corrected chi connectivity index (χ4v) is 3.32. The third-order valence-electron chi connectivity index (χ3n) is 5.05. The summed E-state index contributed by atoms with van der Waals surface area (Å²) in [5.74, 6) is -0.494. The van der Waals surface area contributed by atoms with E-state index < -0.39 is 22.5 Å². The molecule has 0 aliphatic carbocycles. The lowest BCUT2D eigenvalue weighted by molar-refractivity contribution is -0.384. The van der Waals surface area contributed by atoms with Crippen LogP contribution in [0, 0.1) is 17.0 Å². The van der Waals surface area contributed by atoms with E-state index in [-0.39, 0.29) is 17.9 Å². The molecule has 11 nitrogen and oxygen atoms in total. The van der Waals surface area contributed by atoms with Gasteiger partial charge in [-0.05, 0) is 52.3 Å². The van der Waals surface area contributed by atoms with Gasteiger partial charge in [-0.15, -0.1) is 5.10 Å². The zero-order valence-electron chi connectivity index (χ0n) is 20.3. The lowest BCUT2D eigenvalue weighted by Crippen LogP contribution is -2.36. The number of carbonyl (C=O) groups excluding carboxylic acids is 2. The lowest BCUT2D eigenvalue weighted by atomic mass is 10.1. The molecule has 0 aliphatic rings. The van der Waals surface area contributed by atoms with Crippen LogP contribution in [-0.4, -0.2) is 49.0 Å². The summed E-state index contributed by atoms with van der Waals surface area (Å²) in [5, 5.41) is 21.9. The average molecular weight is 481 g/mol. The highest BCUT2D eigenvalue weighted by molar-refractivity contribution is 6.04. The maximum Gasteiger partial charge on any atom is 0.410 e. The summed E-state index contributed by atoms with van der Waals surface area (Å²) in [6.45, 7) is 9.57. The van der Waals surface area contributed by atoms with Crippen LogP contribution in [0.2, 0.25) is 0 Å². The number of rotatable bonds is 7. The zero-order chi connectivity index (χ0) is 25.8. The number of nitrogens with one attached hydrogen (secondary N) is 1. The molecule has 11 heteroatoms. The number of aromatic nitrogens is 3. The first kappa shape index (κ1) is 25.3. The molecular formula is C24H28N6O5. The molecule has 1 N–H and O–H groups in total. The number of anilines is 1. The van der Waals surface area contributed by atoms with E-state index in [1.54, 1.807) is 50.8 Å². The summed E-state index contributed by atoms with van der Waals surface area (Å²) in [6, 6.07) is 13.0. The minimum absolute atomic E-state index is 0.0748. The number of nitro groups is 1. The molecule has 3 rings (SSSR count). The van der Waals surface area contributed by atoms with Crippen molar-refractivity contribution < 1.29 is 19.2 Å². The minimum atomic E-state index is -0.624. The van der Waals surface area contributed by atoms with Gasteiger partial charge in [0.1, 0.15) is 5.60 Å². The third kappa shape index (κ3) is 6.19. The van der Waals surface area contributed by atoms with E-state index in [9.17, 15) is 19.7 Å². The van der Waals surface area contributed by atoms with Crippen molar-refractivity contribution in [3.8, 4) is 5.69 Å². The second kappa shape index (κ2) is 10.3. The second-order valence-electron chi connectivity index (χ2n) is 8.82. The summed E-state index contributed by atoms with van der Waals surface area (Å²) in [6.07, 6.45) is -0.447. The SMILES string of the molecule is CCN(Cc1ccccc1NC(=O)c1nnn(-c2cccc([N+](=O)[O-])c2)c1C)C(=O)OC(C)(C)C. The number of nitro benzene ring substituents is 1. The molecular weight excluding hydrogens is 452 g/mol. The molecule has 2 amide bonds. The summed E-state index contributed by atoms with van der Waals surface area (Å²) in [5.41, 5.74) is 1.43. The van der Waals surface area contributed by atoms with Gasteiger partial charge in [0, 0.05) is 24.4 Å². The van der Waals surface area contributed by atoms with E-state index >= 15 is 0 Å². The lowest BCUT2D eigenvalue weighted by Gasteiger charge is -2.27. The Bertz CT molecular complexity index is 1250. The van der Waals surface area contributed by atoms with Crippen LogP contribution in [0.5, 0.6) is 0 Å². The van der Waals surface area contributed by atoms with E-state index in [1.165, 1.54) is 22.9 Å². The normalized spacial score (nSPS) is 11.1. The molecule has 0 aliphatic heterocycles. The molecule has 2 aromatic carbocycles. The van der Waals surface area contributed by atoms with E-state index in [0.29, 0.717) is 23.6 Å². The van der Waals surface area contributed by atoms with Crippen molar-refractivity contribution in [1.29, 1.82) is 0 Å². The summed E-state index contributed by atoms with van der Waals surface area (Å²) >= 11 is 0. The first-order chi connectivity index (χ1) is 16.5. The quantitative estimate of drug-likeness (QED) is 0.389. The van der Waals surface area contributed by atoms with E-state index in [1.807, 2.05) is 19.1 Å². The summed E-state index contributed by atoms with van der Waals surface area (Å²) < 4.78 is 6.84. The molecule has 0 saturated heterocycles. The Morgan fingerprint density at radius 2 is 1.89 bits per heavy atom. The highest BCUT2D eigenvalue weighted by Crippen LogP contribution is 2.22. The van der Waals surface area contributed by atoms with E-state index in [2.05, 4.69) is 15.6 Å². The van der Waals surface area contributed by atoms with Crippen LogP contribution in [0.1, 0.15) is 49.4 Å². The molecule has 0 atom stereocenters. The van der Waals surface area contributed by atoms with Gasteiger partial charge in [0.05, 0.1) is 22.8 Å². The van der Waals surface area contributed by atoms with Crippen molar-refractivity contribution >= 4 is 23.4 Å². The smallest absolute Gasteiger partial charge is 0.410 e. The third-order valence-corrected chi connectivity index (χ3v) is 5.05. The highest BCUT2D eigenvalue weighted by Gasteiger charge is 2.23. The van der Waals surface area contributed by atoms with Crippen LogP contribution in [-0.2, 0) is 11.3 Å². The molecule has 35 heavy (non-hydrogen) atoms. The Labute approximate surface area is 202 Å². The largest absolute Gasteiger partial charge is 0.444 e. The maximum absolute atomic E-state index is 13.0. The number of nitrogens with zero attached hydrogens (tertiary/aromatic N) is 5. The number of benzene rings is 2. The number of amides is 2. The standard InChI is InChI=1S/C24H28N6O5/c1-6-28(23(32)35-24(3,4)5)15-17-10-7-8-13-20(17)25-22(31)21-16(2)29(27-26-21)18-11-9-12-19(14-18)30(33)34/h7-14H,6,15H2,1-5H3,(H,25,31). The molecule has 184 valence electrons. The van der Waals surface area contributed by atoms with Gasteiger partial charge in [0.15, 0.2) is 5.69 Å². The van der Waals surface area contributed by atoms with Crippen molar-refractivity contribution in [3.05, 3.63) is 75.6 Å². The van der Waals surface area contributed by atoms with Gasteiger partial charge in [-0.1, -0.05) is 29.5 Å². The predicted octanol–water partition coefficient (Wildman–Crippen LogP) is 4.49. The molecule has 0 bridgehead atoms. The van der Waals surface area contributed by atoms with Gasteiger partial charge in [-0.25, -0.2) is 9.48 Å². The minimum Gasteiger partial charge on any atom is -0.444 e. The topological polar surface area (TPSA) is 132 Å². The molecule has 1 heterocycles. The van der Waals surface area contributed by atoms with Crippen molar-refractivity contribution in [1.82, 2.24) is 19.9 Å². The highest BCUT2D eigenvalue weighted by atomic mass is 16.6. The van der Waals surface area contributed by atoms with Crippen LogP contribution in [0.15, 0.2) is 48.5 Å². The van der Waals surface area contributed by atoms with Crippen LogP contribution < -0.4 is 5.32 Å². The van der Waals surface area contributed by atoms with Gasteiger partial charge in [0.25, 0.3) is 11.6 Å². The molecule has 0 unspecified atom stereocenters. The molecule has 0 spiro atoms. The predicted molar refractivity (Wildman–Crippen MR) is 129 cm³/mol. The van der Waals surface area contributed by atoms with Crippen molar-refractivity contribution in [3.63, 3.8) is 0 Å². The number of para-hydroxylation sites is 1. The Balaban J connectivity index is 1.81. The number of hydrogen-bond acceptors (Lipinski definition) is 7. The van der Waals surface area contributed by atoms with Crippen molar-refractivity contribution in [2.24, 2.45) is 0 Å². The van der Waals surface area contributed by atoms with Crippen LogP contribution in [0.25, 0.3) is 5.69 Å². The number of ether oxygens (including phenoxy) is 1. The van der Waals surface area contributed by atoms with Crippen LogP contribution in [0.4, 0.5) is 16.2 Å². The Morgan fingerprint density at radius 1 is 1.17 bits per heavy atom. The van der Waals surface area contributed by atoms with E-state index in [0.717, 1.165) is 5.56 Å². The molecule has 0 saturated carbocycles. The number of hydrogen-bond donors (Lipinski definition) is 1. The Kier molecular flexibility index (Phi) is 7.48. The maximum atomic E-state index is 13.0. The molecule has 0 radical (unpaired) electrons. The van der Waals surface area contributed by atoms with Gasteiger partial charge < -0.3 is 15.0 Å². The average Bonchev–Trinajstić information content (AvgIpc) is 3.18. The fourth-order valence-electron chi connectivity index (χ4n) is 3.32. The molecule has 3 aromatic rings. The fraction of sp³-hybridized carbons (Fsp3) is 0.333. The van der Waals surface area contributed by atoms with Crippen LogP contribution >= 0.6 is 0 Å². The zero-order valence-corrected chi connectivity index (χ0v) is 20.3. The van der Waals surface area contributed by atoms with Gasteiger partial charge in [0.2, 0.25) is 0 Å². The summed E-state index contributed by atoms with van der Waals surface area (Å²) in [4.78, 5) is 37.7. The Hall–Kier alpha value is -4.28. The van der Waals surface area contributed by atoms with Crippen LogP contribution in [0.3, 0.4) is 0 Å². The molecule has 1 aromatic heterocycles. The van der Waals surface area contributed by atoms with Gasteiger partial charge >= 0.3 is 6.09 Å². The monoisotopic (exact) mass is 480 g/mol. The van der Waals surface area contributed by atoms with E-state index in [4.69, 9.17) is 4.74 Å². The van der Waals surface area contributed by atoms with Crippen molar-refractivity contribution in [2.75, 3.05) is 11.9 Å². The van der Waals surface area contributed by atoms with Gasteiger partial charge in [-0.2, -0.15) is 0 Å². The molecule has 0 fully saturated rings. The number of non-ortho nitro benzene ring substituents is 1. The summed E-state index contributed by atoms with van der Waals surface area (Å²) in [7, 11) is 0. The first-order valence-electron chi connectivity index (χ1n) is 11.0. The first-order valence-corrected chi connectivity index (χ1v) is 11.0. The second-order valence-corrected chi connectivity index (χ2v) is 8.82. The van der Waals surface area contributed by atoms with Crippen molar-refractivity contribution in [2.45, 2.75) is 46.8 Å². The van der Waals surface area contributed by atoms with Gasteiger partial charge in [-0.3, -0.25) is 14.9 Å².